The van der Waals surface area contributed by atoms with Gasteiger partial charge >= 0.3 is 11.9 Å². The first-order chi connectivity index (χ1) is 12.6. The Kier molecular flexibility index (Phi) is 11.4. The number of rotatable bonds is 13. The molecular formula is C22H34O4. The predicted octanol–water partition coefficient (Wildman–Crippen LogP) is 6.07. The molecule has 0 aliphatic rings. The minimum atomic E-state index is -0.308. The topological polar surface area (TPSA) is 52.6 Å². The standard InChI is InChI=1S/C22H34O4/c1-4-7-8-9-10-15-18(13-5-2)22(24)26-20-17-12-11-16-19(20)25-21(23)14-6-3/h11-12,16-18H,4-10,13-15H2,1-3H3. The third-order valence-electron chi connectivity index (χ3n) is 4.36. The maximum absolute atomic E-state index is 12.6. The van der Waals surface area contributed by atoms with Gasteiger partial charge in [-0.05, 0) is 31.4 Å². The van der Waals surface area contributed by atoms with E-state index in [1.165, 1.54) is 19.3 Å². The van der Waals surface area contributed by atoms with Crippen molar-refractivity contribution in [3.8, 4) is 11.5 Å². The van der Waals surface area contributed by atoms with E-state index < -0.39 is 0 Å². The molecule has 0 amide bonds. The third-order valence-corrected chi connectivity index (χ3v) is 4.36. The number of carbonyl (C=O) groups is 2. The SMILES string of the molecule is CCCCCCCC(CCC)C(=O)Oc1ccccc1OC(=O)CCC. The lowest BCUT2D eigenvalue weighted by Crippen LogP contribution is -2.21. The van der Waals surface area contributed by atoms with E-state index in [4.69, 9.17) is 9.47 Å². The van der Waals surface area contributed by atoms with Crippen molar-refractivity contribution in [1.82, 2.24) is 0 Å². The second-order valence-corrected chi connectivity index (χ2v) is 6.78. The fourth-order valence-electron chi connectivity index (χ4n) is 2.91. The average Bonchev–Trinajstić information content (AvgIpc) is 2.62. The van der Waals surface area contributed by atoms with E-state index in [2.05, 4.69) is 13.8 Å². The molecule has 146 valence electrons. The lowest BCUT2D eigenvalue weighted by molar-refractivity contribution is -0.140. The largest absolute Gasteiger partial charge is 0.423 e. The van der Waals surface area contributed by atoms with Crippen molar-refractivity contribution in [3.63, 3.8) is 0 Å². The zero-order valence-electron chi connectivity index (χ0n) is 16.6. The molecular weight excluding hydrogens is 328 g/mol. The number of para-hydroxylation sites is 2. The molecule has 0 radical (unpaired) electrons. The molecule has 1 aromatic carbocycles. The summed E-state index contributed by atoms with van der Waals surface area (Å²) in [6.07, 6.45) is 9.59. The molecule has 0 saturated carbocycles. The number of ether oxygens (including phenoxy) is 2. The van der Waals surface area contributed by atoms with Gasteiger partial charge in [-0.1, -0.05) is 71.4 Å². The molecule has 1 rings (SSSR count). The number of benzene rings is 1. The highest BCUT2D eigenvalue weighted by Gasteiger charge is 2.21. The molecule has 1 aromatic rings. The van der Waals surface area contributed by atoms with Crippen LogP contribution in [0.25, 0.3) is 0 Å². The van der Waals surface area contributed by atoms with Crippen LogP contribution in [0.2, 0.25) is 0 Å². The van der Waals surface area contributed by atoms with Crippen LogP contribution in [0, 0.1) is 5.92 Å². The van der Waals surface area contributed by atoms with Crippen molar-refractivity contribution in [1.29, 1.82) is 0 Å². The zero-order valence-corrected chi connectivity index (χ0v) is 16.6. The molecule has 0 bridgehead atoms. The van der Waals surface area contributed by atoms with Crippen LogP contribution < -0.4 is 9.47 Å². The molecule has 0 N–H and O–H groups in total. The van der Waals surface area contributed by atoms with Gasteiger partial charge in [-0.3, -0.25) is 9.59 Å². The summed E-state index contributed by atoms with van der Waals surface area (Å²) in [5.74, 6) is 0.0194. The quantitative estimate of drug-likeness (QED) is 0.243. The molecule has 4 heteroatoms. The van der Waals surface area contributed by atoms with Crippen LogP contribution in [0.1, 0.15) is 85.0 Å². The molecule has 0 aromatic heterocycles. The van der Waals surface area contributed by atoms with E-state index in [1.807, 2.05) is 6.92 Å². The minimum absolute atomic E-state index is 0.0963. The van der Waals surface area contributed by atoms with E-state index in [0.717, 1.165) is 38.5 Å². The Morgan fingerprint density at radius 2 is 1.46 bits per heavy atom. The van der Waals surface area contributed by atoms with Crippen LogP contribution in [0.3, 0.4) is 0 Å². The van der Waals surface area contributed by atoms with Gasteiger partial charge in [0.15, 0.2) is 11.5 Å². The first-order valence-electron chi connectivity index (χ1n) is 10.1. The molecule has 4 nitrogen and oxygen atoms in total. The summed E-state index contributed by atoms with van der Waals surface area (Å²) >= 11 is 0. The van der Waals surface area contributed by atoms with Gasteiger partial charge in [0.05, 0.1) is 5.92 Å². The number of hydrogen-bond acceptors (Lipinski definition) is 4. The Hall–Kier alpha value is -1.84. The number of unbranched alkanes of at least 4 members (excludes halogenated alkanes) is 4. The van der Waals surface area contributed by atoms with Gasteiger partial charge in [0.25, 0.3) is 0 Å². The van der Waals surface area contributed by atoms with Crippen molar-refractivity contribution < 1.29 is 19.1 Å². The van der Waals surface area contributed by atoms with E-state index in [1.54, 1.807) is 24.3 Å². The van der Waals surface area contributed by atoms with Crippen LogP contribution in [-0.2, 0) is 9.59 Å². The minimum Gasteiger partial charge on any atom is -0.423 e. The van der Waals surface area contributed by atoms with Crippen LogP contribution >= 0.6 is 0 Å². The Labute approximate surface area is 158 Å². The number of carbonyl (C=O) groups excluding carboxylic acids is 2. The van der Waals surface area contributed by atoms with E-state index in [9.17, 15) is 9.59 Å². The Morgan fingerprint density at radius 3 is 2.08 bits per heavy atom. The monoisotopic (exact) mass is 362 g/mol. The molecule has 0 aliphatic carbocycles. The van der Waals surface area contributed by atoms with Crippen molar-refractivity contribution in [2.24, 2.45) is 5.92 Å². The third kappa shape index (κ3) is 8.50. The molecule has 0 fully saturated rings. The van der Waals surface area contributed by atoms with E-state index >= 15 is 0 Å². The summed E-state index contributed by atoms with van der Waals surface area (Å²) in [6, 6.07) is 6.88. The Morgan fingerprint density at radius 1 is 0.808 bits per heavy atom. The van der Waals surface area contributed by atoms with Gasteiger partial charge in [0.1, 0.15) is 0 Å². The van der Waals surface area contributed by atoms with E-state index in [0.29, 0.717) is 17.9 Å². The number of esters is 2. The smallest absolute Gasteiger partial charge is 0.314 e. The molecule has 0 spiro atoms. The Bertz CT molecular complexity index is 539. The zero-order chi connectivity index (χ0) is 19.2. The predicted molar refractivity (Wildman–Crippen MR) is 104 cm³/mol. The highest BCUT2D eigenvalue weighted by molar-refractivity contribution is 5.77. The normalized spacial score (nSPS) is 11.8. The summed E-state index contributed by atoms with van der Waals surface area (Å²) in [5, 5.41) is 0. The maximum atomic E-state index is 12.6. The highest BCUT2D eigenvalue weighted by Crippen LogP contribution is 2.29. The van der Waals surface area contributed by atoms with Crippen molar-refractivity contribution in [2.45, 2.75) is 85.0 Å². The molecule has 0 saturated heterocycles. The second kappa shape index (κ2) is 13.4. The first-order valence-corrected chi connectivity index (χ1v) is 10.1. The molecule has 26 heavy (non-hydrogen) atoms. The second-order valence-electron chi connectivity index (χ2n) is 6.78. The molecule has 0 aliphatic heterocycles. The van der Waals surface area contributed by atoms with Crippen molar-refractivity contribution in [2.75, 3.05) is 0 Å². The van der Waals surface area contributed by atoms with Gasteiger partial charge in [0, 0.05) is 6.42 Å². The lowest BCUT2D eigenvalue weighted by atomic mass is 9.96. The van der Waals surface area contributed by atoms with Crippen molar-refractivity contribution >= 4 is 11.9 Å². The van der Waals surface area contributed by atoms with Crippen LogP contribution in [0.4, 0.5) is 0 Å². The summed E-state index contributed by atoms with van der Waals surface area (Å²) in [7, 11) is 0. The van der Waals surface area contributed by atoms with Crippen LogP contribution in [0.15, 0.2) is 24.3 Å². The van der Waals surface area contributed by atoms with Gasteiger partial charge < -0.3 is 9.47 Å². The summed E-state index contributed by atoms with van der Waals surface area (Å²) < 4.78 is 10.9. The summed E-state index contributed by atoms with van der Waals surface area (Å²) in [6.45, 7) is 6.20. The highest BCUT2D eigenvalue weighted by atomic mass is 16.6. The fourth-order valence-corrected chi connectivity index (χ4v) is 2.91. The van der Waals surface area contributed by atoms with Gasteiger partial charge in [-0.25, -0.2) is 0 Å². The first kappa shape index (κ1) is 22.2. The molecule has 0 heterocycles. The molecule has 1 unspecified atom stereocenters. The van der Waals surface area contributed by atoms with Gasteiger partial charge in [-0.2, -0.15) is 0 Å². The van der Waals surface area contributed by atoms with Crippen molar-refractivity contribution in [3.05, 3.63) is 24.3 Å². The van der Waals surface area contributed by atoms with Gasteiger partial charge in [-0.15, -0.1) is 0 Å². The van der Waals surface area contributed by atoms with Crippen LogP contribution in [0.5, 0.6) is 11.5 Å². The summed E-state index contributed by atoms with van der Waals surface area (Å²) in [4.78, 5) is 24.4. The number of hydrogen-bond donors (Lipinski definition) is 0. The fraction of sp³-hybridized carbons (Fsp3) is 0.636. The summed E-state index contributed by atoms with van der Waals surface area (Å²) in [5.41, 5.74) is 0. The molecule has 1 atom stereocenters. The maximum Gasteiger partial charge on any atom is 0.314 e. The van der Waals surface area contributed by atoms with E-state index in [-0.39, 0.29) is 17.9 Å². The average molecular weight is 363 g/mol. The van der Waals surface area contributed by atoms with Gasteiger partial charge in [0.2, 0.25) is 0 Å². The Balaban J connectivity index is 2.65. The van der Waals surface area contributed by atoms with Crippen LogP contribution in [-0.4, -0.2) is 11.9 Å². The lowest BCUT2D eigenvalue weighted by Gasteiger charge is -2.16.